The van der Waals surface area contributed by atoms with Crippen molar-refractivity contribution in [1.82, 2.24) is 4.98 Å². The average molecular weight is 215 g/mol. The van der Waals surface area contributed by atoms with Crippen LogP contribution in [0.1, 0.15) is 9.80 Å². The third-order valence-electron chi connectivity index (χ3n) is 1.60. The Balaban J connectivity index is 2.76. The summed E-state index contributed by atoms with van der Waals surface area (Å²) in [6.07, 6.45) is 0. The van der Waals surface area contributed by atoms with E-state index >= 15 is 0 Å². The molecule has 1 heterocycles. The molecule has 0 unspecified atom stereocenters. The Morgan fingerprint density at radius 1 is 1.43 bits per heavy atom. The summed E-state index contributed by atoms with van der Waals surface area (Å²) < 4.78 is 25.9. The molecule has 2 rings (SSSR count). The van der Waals surface area contributed by atoms with Gasteiger partial charge in [0.05, 0.1) is 4.70 Å². The molecule has 3 nitrogen and oxygen atoms in total. The van der Waals surface area contributed by atoms with Crippen molar-refractivity contribution < 1.29 is 18.7 Å². The van der Waals surface area contributed by atoms with Gasteiger partial charge >= 0.3 is 5.97 Å². The standard InChI is InChI=1S/C8H3F2NO2S/c9-3-1-4(10)6-5(2-3)14-7(11-6)8(12)13/h1-2H,(H,12,13). The number of aromatic carboxylic acids is 1. The molecule has 0 spiro atoms. The molecule has 0 amide bonds. The van der Waals surface area contributed by atoms with Gasteiger partial charge in [0, 0.05) is 6.07 Å². The molecule has 1 aromatic carbocycles. The molecule has 0 aliphatic heterocycles. The fourth-order valence-corrected chi connectivity index (χ4v) is 1.89. The molecule has 2 aromatic rings. The van der Waals surface area contributed by atoms with Gasteiger partial charge in [0.2, 0.25) is 5.01 Å². The van der Waals surface area contributed by atoms with Gasteiger partial charge in [-0.1, -0.05) is 0 Å². The SMILES string of the molecule is O=C(O)c1nc2c(F)cc(F)cc2s1. The molecule has 6 heteroatoms. The zero-order valence-corrected chi connectivity index (χ0v) is 7.44. The van der Waals surface area contributed by atoms with Crippen LogP contribution in [-0.2, 0) is 0 Å². The van der Waals surface area contributed by atoms with Crippen molar-refractivity contribution in [2.75, 3.05) is 0 Å². The van der Waals surface area contributed by atoms with Gasteiger partial charge < -0.3 is 5.11 Å². The first-order chi connectivity index (χ1) is 6.58. The summed E-state index contributed by atoms with van der Waals surface area (Å²) >= 11 is 0.743. The molecule has 1 aromatic heterocycles. The molecular formula is C8H3F2NO2S. The van der Waals surface area contributed by atoms with Gasteiger partial charge in [0.25, 0.3) is 0 Å². The highest BCUT2D eigenvalue weighted by Crippen LogP contribution is 2.25. The zero-order chi connectivity index (χ0) is 10.3. The number of hydrogen-bond donors (Lipinski definition) is 1. The molecule has 0 radical (unpaired) electrons. The van der Waals surface area contributed by atoms with Crippen molar-refractivity contribution in [2.24, 2.45) is 0 Å². The van der Waals surface area contributed by atoms with Crippen LogP contribution in [0.2, 0.25) is 0 Å². The van der Waals surface area contributed by atoms with E-state index < -0.39 is 17.6 Å². The highest BCUT2D eigenvalue weighted by atomic mass is 32.1. The van der Waals surface area contributed by atoms with Crippen LogP contribution in [0.5, 0.6) is 0 Å². The Morgan fingerprint density at radius 3 is 2.79 bits per heavy atom. The van der Waals surface area contributed by atoms with E-state index in [2.05, 4.69) is 4.98 Å². The van der Waals surface area contributed by atoms with Crippen molar-refractivity contribution in [3.8, 4) is 0 Å². The zero-order valence-electron chi connectivity index (χ0n) is 6.62. The highest BCUT2D eigenvalue weighted by molar-refractivity contribution is 7.20. The Labute approximate surface area is 80.6 Å². The summed E-state index contributed by atoms with van der Waals surface area (Å²) in [6.45, 7) is 0. The molecule has 0 aliphatic rings. The third kappa shape index (κ3) is 1.33. The van der Waals surface area contributed by atoms with Gasteiger partial charge in [-0.3, -0.25) is 0 Å². The normalized spacial score (nSPS) is 10.7. The number of carbonyl (C=O) groups is 1. The van der Waals surface area contributed by atoms with E-state index in [0.717, 1.165) is 17.4 Å². The number of aromatic nitrogens is 1. The van der Waals surface area contributed by atoms with E-state index in [1.165, 1.54) is 0 Å². The van der Waals surface area contributed by atoms with Crippen molar-refractivity contribution in [3.63, 3.8) is 0 Å². The molecule has 0 saturated carbocycles. The number of fused-ring (bicyclic) bond motifs is 1. The minimum atomic E-state index is -1.24. The minimum absolute atomic E-state index is 0.103. The predicted molar refractivity (Wildman–Crippen MR) is 46.5 cm³/mol. The molecule has 0 saturated heterocycles. The Hall–Kier alpha value is -1.56. The number of hydrogen-bond acceptors (Lipinski definition) is 3. The van der Waals surface area contributed by atoms with E-state index in [4.69, 9.17) is 5.11 Å². The van der Waals surface area contributed by atoms with Gasteiger partial charge in [0.15, 0.2) is 5.82 Å². The Kier molecular flexibility index (Phi) is 1.92. The van der Waals surface area contributed by atoms with Crippen molar-refractivity contribution in [1.29, 1.82) is 0 Å². The van der Waals surface area contributed by atoms with Crippen molar-refractivity contribution >= 4 is 27.5 Å². The molecule has 1 N–H and O–H groups in total. The van der Waals surface area contributed by atoms with E-state index in [0.29, 0.717) is 6.07 Å². The van der Waals surface area contributed by atoms with Crippen LogP contribution in [0.4, 0.5) is 8.78 Å². The van der Waals surface area contributed by atoms with Crippen LogP contribution in [-0.4, -0.2) is 16.1 Å². The first kappa shape index (κ1) is 9.01. The fourth-order valence-electron chi connectivity index (χ4n) is 1.05. The van der Waals surface area contributed by atoms with E-state index in [1.54, 1.807) is 0 Å². The molecule has 0 bridgehead atoms. The van der Waals surface area contributed by atoms with Crippen LogP contribution in [0.25, 0.3) is 10.2 Å². The topological polar surface area (TPSA) is 50.2 Å². The van der Waals surface area contributed by atoms with Gasteiger partial charge in [-0.2, -0.15) is 0 Å². The maximum Gasteiger partial charge on any atom is 0.365 e. The molecule has 0 fully saturated rings. The first-order valence-electron chi connectivity index (χ1n) is 3.57. The Bertz CT molecular complexity index is 523. The summed E-state index contributed by atoms with van der Waals surface area (Å²) in [5.41, 5.74) is -0.103. The quantitative estimate of drug-likeness (QED) is 0.793. The first-order valence-corrected chi connectivity index (χ1v) is 4.38. The molecule has 72 valence electrons. The number of carboxylic acid groups (broad SMARTS) is 1. The molecule has 14 heavy (non-hydrogen) atoms. The number of carboxylic acids is 1. The fraction of sp³-hybridized carbons (Fsp3) is 0. The van der Waals surface area contributed by atoms with Gasteiger partial charge in [-0.05, 0) is 6.07 Å². The number of halogens is 2. The average Bonchev–Trinajstić information content (AvgIpc) is 2.47. The van der Waals surface area contributed by atoms with Crippen LogP contribution < -0.4 is 0 Å². The second-order valence-corrected chi connectivity index (χ2v) is 3.59. The highest BCUT2D eigenvalue weighted by Gasteiger charge is 2.14. The number of rotatable bonds is 1. The number of nitrogens with zero attached hydrogens (tertiary/aromatic N) is 1. The van der Waals surface area contributed by atoms with E-state index in [1.807, 2.05) is 0 Å². The second kappa shape index (κ2) is 2.98. The summed E-state index contributed by atoms with van der Waals surface area (Å²) in [7, 11) is 0. The minimum Gasteiger partial charge on any atom is -0.476 e. The summed E-state index contributed by atoms with van der Waals surface area (Å²) in [5.74, 6) is -2.83. The maximum absolute atomic E-state index is 13.0. The van der Waals surface area contributed by atoms with Gasteiger partial charge in [-0.15, -0.1) is 11.3 Å². The molecule has 0 atom stereocenters. The van der Waals surface area contributed by atoms with Crippen LogP contribution in [0, 0.1) is 11.6 Å². The van der Waals surface area contributed by atoms with Gasteiger partial charge in [-0.25, -0.2) is 18.6 Å². The third-order valence-corrected chi connectivity index (χ3v) is 2.59. The summed E-state index contributed by atoms with van der Waals surface area (Å²) in [4.78, 5) is 14.0. The van der Waals surface area contributed by atoms with Crippen LogP contribution in [0.3, 0.4) is 0 Å². The summed E-state index contributed by atoms with van der Waals surface area (Å²) in [5, 5.41) is 8.33. The van der Waals surface area contributed by atoms with Crippen molar-refractivity contribution in [2.45, 2.75) is 0 Å². The van der Waals surface area contributed by atoms with Gasteiger partial charge in [0.1, 0.15) is 11.3 Å². The monoisotopic (exact) mass is 215 g/mol. The maximum atomic E-state index is 13.0. The lowest BCUT2D eigenvalue weighted by molar-refractivity contribution is 0.0696. The largest absolute Gasteiger partial charge is 0.476 e. The number of thiazole rings is 1. The van der Waals surface area contributed by atoms with Crippen LogP contribution >= 0.6 is 11.3 Å². The lowest BCUT2D eigenvalue weighted by Gasteiger charge is -1.89. The predicted octanol–water partition coefficient (Wildman–Crippen LogP) is 2.27. The molecule has 0 aliphatic carbocycles. The van der Waals surface area contributed by atoms with E-state index in [-0.39, 0.29) is 15.2 Å². The second-order valence-electron chi connectivity index (χ2n) is 2.56. The number of benzene rings is 1. The van der Waals surface area contributed by atoms with E-state index in [9.17, 15) is 13.6 Å². The summed E-state index contributed by atoms with van der Waals surface area (Å²) in [6, 6.07) is 1.73. The molecular weight excluding hydrogens is 212 g/mol. The lowest BCUT2D eigenvalue weighted by Crippen LogP contribution is -1.93. The smallest absolute Gasteiger partial charge is 0.365 e. The van der Waals surface area contributed by atoms with Crippen molar-refractivity contribution in [3.05, 3.63) is 28.8 Å². The Morgan fingerprint density at radius 2 is 2.14 bits per heavy atom. The van der Waals surface area contributed by atoms with Crippen LogP contribution in [0.15, 0.2) is 12.1 Å². The lowest BCUT2D eigenvalue weighted by atomic mass is 10.3.